The number of likely N-dealkylation sites (tertiary alicyclic amines) is 1. The summed E-state index contributed by atoms with van der Waals surface area (Å²) in [5.41, 5.74) is 4.53. The van der Waals surface area contributed by atoms with Crippen LogP contribution in [-0.2, 0) is 17.6 Å². The third kappa shape index (κ3) is 4.49. The summed E-state index contributed by atoms with van der Waals surface area (Å²) in [4.78, 5) is 19.4. The molecule has 0 saturated carbocycles. The van der Waals surface area contributed by atoms with Crippen LogP contribution in [0, 0.1) is 0 Å². The number of piperidine rings is 1. The Balaban J connectivity index is 1.39. The van der Waals surface area contributed by atoms with Crippen molar-refractivity contribution < 1.29 is 14.3 Å². The fourth-order valence-corrected chi connectivity index (χ4v) is 5.30. The number of nitrogens with zero attached hydrogens (tertiary/aromatic N) is 2. The maximum atomic E-state index is 11.9. The Morgan fingerprint density at radius 2 is 2.06 bits per heavy atom. The molecule has 2 N–H and O–H groups in total. The van der Waals surface area contributed by atoms with E-state index >= 15 is 0 Å². The zero-order valence-electron chi connectivity index (χ0n) is 19.0. The van der Waals surface area contributed by atoms with E-state index in [0.29, 0.717) is 13.0 Å². The number of fused-ring (bicyclic) bond motifs is 2. The predicted octanol–water partition coefficient (Wildman–Crippen LogP) is 3.29. The van der Waals surface area contributed by atoms with Gasteiger partial charge < -0.3 is 25.0 Å². The highest BCUT2D eigenvalue weighted by atomic mass is 16.5. The van der Waals surface area contributed by atoms with Crippen LogP contribution in [0.2, 0.25) is 0 Å². The molecule has 0 bridgehead atoms. The van der Waals surface area contributed by atoms with Crippen LogP contribution in [0.15, 0.2) is 12.1 Å². The second kappa shape index (κ2) is 9.53. The molecule has 172 valence electrons. The van der Waals surface area contributed by atoms with E-state index in [1.54, 1.807) is 7.11 Å². The number of benzene rings is 1. The number of rotatable bonds is 8. The van der Waals surface area contributed by atoms with Crippen molar-refractivity contribution >= 4 is 22.5 Å². The molecule has 0 spiro atoms. The first-order valence-electron chi connectivity index (χ1n) is 12.1. The Morgan fingerprint density at radius 3 is 2.88 bits per heavy atom. The fourth-order valence-electron chi connectivity index (χ4n) is 5.30. The van der Waals surface area contributed by atoms with Crippen molar-refractivity contribution in [2.75, 3.05) is 45.2 Å². The standard InChI is InChI=1S/C25H34N4O3/c1-31-22-15-19-21(16-23(22)32-13-5-12-29-10-2-3-11-29)28-20-7-4-6-18(20)25(19)27-17-8-9-26-24(30)14-17/h15-17H,2-14H2,1H3,(H,26,30)(H,27,28). The summed E-state index contributed by atoms with van der Waals surface area (Å²) in [6, 6.07) is 4.23. The number of ether oxygens (including phenoxy) is 2. The molecule has 2 aliphatic heterocycles. The number of carbonyl (C=O) groups is 1. The molecule has 7 nitrogen and oxygen atoms in total. The van der Waals surface area contributed by atoms with Crippen LogP contribution in [0.25, 0.3) is 10.9 Å². The summed E-state index contributed by atoms with van der Waals surface area (Å²) in [7, 11) is 1.69. The molecule has 1 unspecified atom stereocenters. The van der Waals surface area contributed by atoms with E-state index in [-0.39, 0.29) is 11.9 Å². The molecule has 32 heavy (non-hydrogen) atoms. The Labute approximate surface area is 189 Å². The van der Waals surface area contributed by atoms with E-state index in [1.807, 2.05) is 6.07 Å². The summed E-state index contributed by atoms with van der Waals surface area (Å²) in [6.45, 7) is 4.91. The topological polar surface area (TPSA) is 75.7 Å². The number of aromatic nitrogens is 1. The molecule has 1 amide bonds. The molecule has 2 aromatic rings. The van der Waals surface area contributed by atoms with Crippen LogP contribution in [0.4, 0.5) is 5.69 Å². The molecule has 3 heterocycles. The number of methoxy groups -OCH3 is 1. The van der Waals surface area contributed by atoms with Gasteiger partial charge in [0.1, 0.15) is 0 Å². The molecular formula is C25H34N4O3. The van der Waals surface area contributed by atoms with E-state index in [1.165, 1.54) is 37.2 Å². The Kier molecular flexibility index (Phi) is 6.35. The zero-order valence-corrected chi connectivity index (χ0v) is 19.0. The summed E-state index contributed by atoms with van der Waals surface area (Å²) in [5, 5.41) is 7.68. The molecule has 5 rings (SSSR count). The first kappa shape index (κ1) is 21.3. The van der Waals surface area contributed by atoms with Crippen molar-refractivity contribution in [3.63, 3.8) is 0 Å². The third-order valence-corrected chi connectivity index (χ3v) is 6.97. The first-order valence-corrected chi connectivity index (χ1v) is 12.1. The van der Waals surface area contributed by atoms with Crippen LogP contribution in [-0.4, -0.2) is 61.7 Å². The number of carbonyl (C=O) groups excluding carboxylic acids is 1. The highest BCUT2D eigenvalue weighted by molar-refractivity contribution is 5.96. The zero-order chi connectivity index (χ0) is 21.9. The minimum absolute atomic E-state index is 0.117. The fraction of sp³-hybridized carbons (Fsp3) is 0.600. The lowest BCUT2D eigenvalue weighted by Gasteiger charge is -2.26. The largest absolute Gasteiger partial charge is 0.493 e. The molecule has 7 heteroatoms. The minimum Gasteiger partial charge on any atom is -0.493 e. The van der Waals surface area contributed by atoms with Gasteiger partial charge in [-0.2, -0.15) is 0 Å². The second-order valence-electron chi connectivity index (χ2n) is 9.22. The van der Waals surface area contributed by atoms with Crippen molar-refractivity contribution in [1.29, 1.82) is 0 Å². The molecule has 2 saturated heterocycles. The number of anilines is 1. The number of hydrogen-bond donors (Lipinski definition) is 2. The SMILES string of the molecule is COc1cc2c(NC3CCNC(=O)C3)c3c(nc2cc1OCCCN1CCCC1)CCC3. The highest BCUT2D eigenvalue weighted by Gasteiger charge is 2.25. The van der Waals surface area contributed by atoms with E-state index < -0.39 is 0 Å². The first-order chi connectivity index (χ1) is 15.7. The van der Waals surface area contributed by atoms with Crippen molar-refractivity contribution in [2.45, 2.75) is 57.4 Å². The van der Waals surface area contributed by atoms with Gasteiger partial charge >= 0.3 is 0 Å². The van der Waals surface area contributed by atoms with Crippen LogP contribution < -0.4 is 20.1 Å². The van der Waals surface area contributed by atoms with Crippen LogP contribution >= 0.6 is 0 Å². The highest BCUT2D eigenvalue weighted by Crippen LogP contribution is 2.40. The Morgan fingerprint density at radius 1 is 1.19 bits per heavy atom. The van der Waals surface area contributed by atoms with Crippen molar-refractivity contribution in [3.8, 4) is 11.5 Å². The molecule has 1 aliphatic carbocycles. The number of aryl methyl sites for hydroxylation is 1. The smallest absolute Gasteiger partial charge is 0.222 e. The summed E-state index contributed by atoms with van der Waals surface area (Å²) in [6.07, 6.45) is 8.23. The maximum Gasteiger partial charge on any atom is 0.222 e. The van der Waals surface area contributed by atoms with Gasteiger partial charge in [0, 0.05) is 48.4 Å². The van der Waals surface area contributed by atoms with Gasteiger partial charge in [0.05, 0.1) is 19.2 Å². The third-order valence-electron chi connectivity index (χ3n) is 6.97. The molecule has 2 fully saturated rings. The van der Waals surface area contributed by atoms with Gasteiger partial charge in [-0.1, -0.05) is 0 Å². The summed E-state index contributed by atoms with van der Waals surface area (Å²) >= 11 is 0. The van der Waals surface area contributed by atoms with Gasteiger partial charge in [-0.15, -0.1) is 0 Å². The van der Waals surface area contributed by atoms with Gasteiger partial charge in [0.2, 0.25) is 5.91 Å². The quantitative estimate of drug-likeness (QED) is 0.616. The number of pyridine rings is 1. The maximum absolute atomic E-state index is 11.9. The number of amides is 1. The van der Waals surface area contributed by atoms with Gasteiger partial charge in [-0.05, 0) is 69.7 Å². The molecule has 1 atom stereocenters. The van der Waals surface area contributed by atoms with Gasteiger partial charge in [-0.3, -0.25) is 9.78 Å². The van der Waals surface area contributed by atoms with E-state index in [2.05, 4.69) is 21.6 Å². The average molecular weight is 439 g/mol. The summed E-state index contributed by atoms with van der Waals surface area (Å²) < 4.78 is 11.9. The minimum atomic E-state index is 0.117. The van der Waals surface area contributed by atoms with E-state index in [4.69, 9.17) is 14.5 Å². The van der Waals surface area contributed by atoms with E-state index in [9.17, 15) is 4.79 Å². The number of hydrogen-bond acceptors (Lipinski definition) is 6. The Hall–Kier alpha value is -2.54. The Bertz CT molecular complexity index is 987. The van der Waals surface area contributed by atoms with Crippen LogP contribution in [0.3, 0.4) is 0 Å². The van der Waals surface area contributed by atoms with Gasteiger partial charge in [0.15, 0.2) is 11.5 Å². The number of nitrogens with one attached hydrogen (secondary N) is 2. The van der Waals surface area contributed by atoms with E-state index in [0.717, 1.165) is 73.3 Å². The van der Waals surface area contributed by atoms with Crippen LogP contribution in [0.5, 0.6) is 11.5 Å². The molecule has 3 aliphatic rings. The molecule has 1 aromatic carbocycles. The van der Waals surface area contributed by atoms with Crippen LogP contribution in [0.1, 0.15) is 49.8 Å². The molecule has 1 aromatic heterocycles. The lowest BCUT2D eigenvalue weighted by Crippen LogP contribution is -2.39. The predicted molar refractivity (Wildman–Crippen MR) is 126 cm³/mol. The molecular weight excluding hydrogens is 404 g/mol. The second-order valence-corrected chi connectivity index (χ2v) is 9.22. The van der Waals surface area contributed by atoms with Crippen molar-refractivity contribution in [2.24, 2.45) is 0 Å². The lowest BCUT2D eigenvalue weighted by atomic mass is 10.0. The molecule has 0 radical (unpaired) electrons. The normalized spacial score (nSPS) is 20.9. The van der Waals surface area contributed by atoms with Crippen molar-refractivity contribution in [1.82, 2.24) is 15.2 Å². The van der Waals surface area contributed by atoms with Gasteiger partial charge in [0.25, 0.3) is 0 Å². The lowest BCUT2D eigenvalue weighted by molar-refractivity contribution is -0.122. The monoisotopic (exact) mass is 438 g/mol. The van der Waals surface area contributed by atoms with Crippen molar-refractivity contribution in [3.05, 3.63) is 23.4 Å². The summed E-state index contributed by atoms with van der Waals surface area (Å²) in [5.74, 6) is 1.61. The average Bonchev–Trinajstić information content (AvgIpc) is 3.48. The van der Waals surface area contributed by atoms with Gasteiger partial charge in [-0.25, -0.2) is 0 Å².